The van der Waals surface area contributed by atoms with Crippen molar-refractivity contribution in [2.45, 2.75) is 13.0 Å². The van der Waals surface area contributed by atoms with Crippen LogP contribution in [0.4, 0.5) is 0 Å². The minimum atomic E-state index is -0.845. The second-order valence-electron chi connectivity index (χ2n) is 8.51. The van der Waals surface area contributed by atoms with Gasteiger partial charge >= 0.3 is 0 Å². The third-order valence-electron chi connectivity index (χ3n) is 6.47. The van der Waals surface area contributed by atoms with Gasteiger partial charge in [-0.3, -0.25) is 14.5 Å². The lowest BCUT2D eigenvalue weighted by atomic mass is 9.94. The number of ether oxygens (including phenoxy) is 4. The maximum Gasteiger partial charge on any atom is 0.295 e. The van der Waals surface area contributed by atoms with Gasteiger partial charge in [0.05, 0.1) is 45.7 Å². The monoisotopic (exact) mass is 496 g/mol. The number of rotatable bonds is 9. The fourth-order valence-electron chi connectivity index (χ4n) is 4.59. The van der Waals surface area contributed by atoms with Crippen molar-refractivity contribution in [2.24, 2.45) is 0 Å². The Balaban J connectivity index is 1.79. The van der Waals surface area contributed by atoms with E-state index < -0.39 is 17.7 Å². The molecule has 0 saturated carbocycles. The molecule has 2 aliphatic heterocycles. The zero-order chi connectivity index (χ0) is 25.7. The molecule has 2 aliphatic rings. The highest BCUT2D eigenvalue weighted by molar-refractivity contribution is 6.46. The Labute approximate surface area is 210 Å². The van der Waals surface area contributed by atoms with Gasteiger partial charge in [0.1, 0.15) is 23.0 Å². The normalized spacial score (nSPS) is 20.0. The van der Waals surface area contributed by atoms with Crippen molar-refractivity contribution in [1.29, 1.82) is 0 Å². The van der Waals surface area contributed by atoms with Gasteiger partial charge in [0.15, 0.2) is 0 Å². The average molecular weight is 497 g/mol. The second kappa shape index (κ2) is 11.5. The third kappa shape index (κ3) is 5.17. The highest BCUT2D eigenvalue weighted by atomic mass is 16.5. The summed E-state index contributed by atoms with van der Waals surface area (Å²) in [7, 11) is 3.07. The number of aliphatic hydroxyl groups is 1. The minimum Gasteiger partial charge on any atom is -0.507 e. The van der Waals surface area contributed by atoms with Crippen LogP contribution in [0, 0.1) is 0 Å². The van der Waals surface area contributed by atoms with Gasteiger partial charge in [0.25, 0.3) is 11.7 Å². The molecule has 0 radical (unpaired) electrons. The number of benzene rings is 2. The lowest BCUT2D eigenvalue weighted by molar-refractivity contribution is -0.140. The molecule has 0 aromatic heterocycles. The number of amides is 1. The molecule has 192 valence electrons. The predicted molar refractivity (Wildman–Crippen MR) is 133 cm³/mol. The average Bonchev–Trinajstić information content (AvgIpc) is 3.17. The number of ketones is 1. The first kappa shape index (κ1) is 25.5. The fraction of sp³-hybridized carbons (Fsp3) is 0.407. The fourth-order valence-corrected chi connectivity index (χ4v) is 4.59. The molecule has 4 rings (SSSR count). The van der Waals surface area contributed by atoms with Crippen molar-refractivity contribution in [1.82, 2.24) is 9.80 Å². The van der Waals surface area contributed by atoms with Gasteiger partial charge in [-0.2, -0.15) is 0 Å². The number of Topliss-reactive ketones (excluding diaryl/α,β-unsaturated/α-hetero) is 1. The molecule has 0 unspecified atom stereocenters. The number of hydrogen-bond acceptors (Lipinski definition) is 8. The van der Waals surface area contributed by atoms with E-state index in [9.17, 15) is 14.7 Å². The first-order chi connectivity index (χ1) is 17.5. The van der Waals surface area contributed by atoms with Crippen molar-refractivity contribution in [3.05, 3.63) is 59.2 Å². The number of nitrogens with zero attached hydrogens (tertiary/aromatic N) is 2. The lowest BCUT2D eigenvalue weighted by Gasteiger charge is -2.31. The molecule has 9 nitrogen and oxygen atoms in total. The van der Waals surface area contributed by atoms with Crippen molar-refractivity contribution < 1.29 is 33.6 Å². The molecule has 0 bridgehead atoms. The molecule has 2 aromatic rings. The topological polar surface area (TPSA) is 97.8 Å². The quantitative estimate of drug-likeness (QED) is 0.322. The van der Waals surface area contributed by atoms with Gasteiger partial charge in [0, 0.05) is 37.3 Å². The Hall–Kier alpha value is -3.56. The number of aliphatic hydroxyl groups excluding tert-OH is 1. The highest BCUT2D eigenvalue weighted by Gasteiger charge is 2.47. The lowest BCUT2D eigenvalue weighted by Crippen LogP contribution is -2.42. The largest absolute Gasteiger partial charge is 0.507 e. The summed E-state index contributed by atoms with van der Waals surface area (Å²) in [6.07, 6.45) is 0. The van der Waals surface area contributed by atoms with Crippen molar-refractivity contribution in [3.8, 4) is 17.2 Å². The minimum absolute atomic E-state index is 0.0118. The number of morpholine rings is 1. The van der Waals surface area contributed by atoms with Gasteiger partial charge in [-0.05, 0) is 49.4 Å². The Morgan fingerprint density at radius 1 is 1.00 bits per heavy atom. The number of hydrogen-bond donors (Lipinski definition) is 1. The van der Waals surface area contributed by atoms with Crippen molar-refractivity contribution in [2.75, 3.05) is 60.2 Å². The molecule has 36 heavy (non-hydrogen) atoms. The molecule has 1 N–H and O–H groups in total. The van der Waals surface area contributed by atoms with Gasteiger partial charge in [0.2, 0.25) is 0 Å². The van der Waals surface area contributed by atoms with E-state index in [-0.39, 0.29) is 11.3 Å². The molecular formula is C27H32N2O7. The van der Waals surface area contributed by atoms with Crippen LogP contribution in [0.15, 0.2) is 48.0 Å². The number of carbonyl (C=O) groups is 2. The molecule has 1 amide bonds. The van der Waals surface area contributed by atoms with E-state index in [1.165, 1.54) is 12.0 Å². The maximum absolute atomic E-state index is 13.3. The molecule has 2 saturated heterocycles. The zero-order valence-electron chi connectivity index (χ0n) is 20.9. The Morgan fingerprint density at radius 3 is 2.33 bits per heavy atom. The number of carbonyl (C=O) groups excluding carboxylic acids is 2. The molecule has 2 fully saturated rings. The Kier molecular flexibility index (Phi) is 8.12. The van der Waals surface area contributed by atoms with E-state index >= 15 is 0 Å². The van der Waals surface area contributed by atoms with Crippen LogP contribution in [0.5, 0.6) is 17.2 Å². The third-order valence-corrected chi connectivity index (χ3v) is 6.47. The van der Waals surface area contributed by atoms with Gasteiger partial charge in [-0.15, -0.1) is 0 Å². The molecule has 1 atom stereocenters. The summed E-state index contributed by atoms with van der Waals surface area (Å²) in [6.45, 7) is 6.03. The summed E-state index contributed by atoms with van der Waals surface area (Å²) in [5.41, 5.74) is 0.986. The highest BCUT2D eigenvalue weighted by Crippen LogP contribution is 2.43. The van der Waals surface area contributed by atoms with E-state index in [1.54, 1.807) is 49.6 Å². The SMILES string of the molecule is CCOc1ccc(C(O)=C2C(=O)C(=O)N(CCN3CCOCC3)[C@H]2c2cc(OC)ccc2OC)cc1. The van der Waals surface area contributed by atoms with Gasteiger partial charge in [-0.1, -0.05) is 0 Å². The van der Waals surface area contributed by atoms with E-state index in [4.69, 9.17) is 18.9 Å². The summed E-state index contributed by atoms with van der Waals surface area (Å²) in [5.74, 6) is 0.0253. The van der Waals surface area contributed by atoms with Crippen molar-refractivity contribution >= 4 is 17.4 Å². The van der Waals surface area contributed by atoms with Crippen LogP contribution in [0.25, 0.3) is 5.76 Å². The Morgan fingerprint density at radius 2 is 1.69 bits per heavy atom. The maximum atomic E-state index is 13.3. The van der Waals surface area contributed by atoms with E-state index in [2.05, 4.69) is 4.90 Å². The van der Waals surface area contributed by atoms with E-state index in [1.807, 2.05) is 6.92 Å². The summed E-state index contributed by atoms with van der Waals surface area (Å²) in [4.78, 5) is 30.3. The van der Waals surface area contributed by atoms with Crippen LogP contribution in [0.2, 0.25) is 0 Å². The summed E-state index contributed by atoms with van der Waals surface area (Å²) in [5, 5.41) is 11.3. The van der Waals surface area contributed by atoms with Gasteiger partial charge < -0.3 is 29.0 Å². The molecular weight excluding hydrogens is 464 g/mol. The first-order valence-corrected chi connectivity index (χ1v) is 12.0. The zero-order valence-corrected chi connectivity index (χ0v) is 20.9. The van der Waals surface area contributed by atoms with E-state index in [0.29, 0.717) is 61.3 Å². The molecule has 9 heteroatoms. The first-order valence-electron chi connectivity index (χ1n) is 12.0. The van der Waals surface area contributed by atoms with Crippen LogP contribution in [-0.4, -0.2) is 86.8 Å². The van der Waals surface area contributed by atoms with Crippen molar-refractivity contribution in [3.63, 3.8) is 0 Å². The van der Waals surface area contributed by atoms with Crippen LogP contribution < -0.4 is 14.2 Å². The summed E-state index contributed by atoms with van der Waals surface area (Å²) in [6, 6.07) is 11.1. The van der Waals surface area contributed by atoms with Crippen LogP contribution >= 0.6 is 0 Å². The summed E-state index contributed by atoms with van der Waals surface area (Å²) >= 11 is 0. The van der Waals surface area contributed by atoms with Crippen LogP contribution in [0.1, 0.15) is 24.1 Å². The van der Waals surface area contributed by atoms with Gasteiger partial charge in [-0.25, -0.2) is 0 Å². The molecule has 0 aliphatic carbocycles. The van der Waals surface area contributed by atoms with Crippen LogP contribution in [-0.2, 0) is 14.3 Å². The Bertz CT molecular complexity index is 1120. The predicted octanol–water partition coefficient (Wildman–Crippen LogP) is 2.86. The standard InChI is InChI=1S/C27H32N2O7/c1-4-36-19-7-5-18(6-8-19)25(30)23-24(21-17-20(33-2)9-10-22(21)34-3)29(27(32)26(23)31)12-11-28-13-15-35-16-14-28/h5-10,17,24,30H,4,11-16H2,1-3H3/t24-/m0/s1. The smallest absolute Gasteiger partial charge is 0.295 e. The second-order valence-corrected chi connectivity index (χ2v) is 8.51. The number of methoxy groups -OCH3 is 2. The summed E-state index contributed by atoms with van der Waals surface area (Å²) < 4.78 is 21.9. The molecule has 2 aromatic carbocycles. The number of likely N-dealkylation sites (tertiary alicyclic amines) is 1. The molecule has 0 spiro atoms. The van der Waals surface area contributed by atoms with E-state index in [0.717, 1.165) is 13.1 Å². The molecule has 2 heterocycles. The van der Waals surface area contributed by atoms with Crippen LogP contribution in [0.3, 0.4) is 0 Å².